The fourth-order valence-corrected chi connectivity index (χ4v) is 2.44. The van der Waals surface area contributed by atoms with Crippen molar-refractivity contribution in [3.05, 3.63) is 41.3 Å². The number of methoxy groups -OCH3 is 1. The number of hydrogen-bond acceptors (Lipinski definition) is 5. The minimum absolute atomic E-state index is 0.134. The number of carbonyl (C=O) groups excluding carboxylic acids is 2. The topological polar surface area (TPSA) is 70.1 Å². The Labute approximate surface area is 133 Å². The number of aliphatic hydroxyl groups is 1. The molecule has 0 unspecified atom stereocenters. The Kier molecular flexibility index (Phi) is 5.46. The average Bonchev–Trinajstić information content (AvgIpc) is 2.77. The van der Waals surface area contributed by atoms with E-state index >= 15 is 0 Å². The van der Waals surface area contributed by atoms with Crippen LogP contribution < -0.4 is 0 Å². The van der Waals surface area contributed by atoms with Crippen molar-refractivity contribution in [3.63, 3.8) is 0 Å². The SMILES string of the molecule is COCCN1C(=O)C(c2ccc(F)cc2)=C(N(C)CCO)C1=O. The van der Waals surface area contributed by atoms with E-state index in [9.17, 15) is 14.0 Å². The van der Waals surface area contributed by atoms with Crippen molar-refractivity contribution < 1.29 is 23.8 Å². The summed E-state index contributed by atoms with van der Waals surface area (Å²) >= 11 is 0. The van der Waals surface area contributed by atoms with Gasteiger partial charge in [-0.2, -0.15) is 0 Å². The van der Waals surface area contributed by atoms with Crippen LogP contribution in [0.25, 0.3) is 5.57 Å². The summed E-state index contributed by atoms with van der Waals surface area (Å²) in [5, 5.41) is 9.11. The zero-order valence-electron chi connectivity index (χ0n) is 13.1. The molecule has 2 amide bonds. The summed E-state index contributed by atoms with van der Waals surface area (Å²) in [4.78, 5) is 27.9. The lowest BCUT2D eigenvalue weighted by Crippen LogP contribution is -2.37. The van der Waals surface area contributed by atoms with Crippen LogP contribution in [0.15, 0.2) is 30.0 Å². The first-order chi connectivity index (χ1) is 11.0. The molecule has 0 aliphatic carbocycles. The number of halogens is 1. The normalized spacial score (nSPS) is 14.9. The molecule has 0 fully saturated rings. The van der Waals surface area contributed by atoms with Gasteiger partial charge in [0.1, 0.15) is 11.5 Å². The predicted octanol–water partition coefficient (Wildman–Crippen LogP) is 0.476. The standard InChI is InChI=1S/C16H19FN2O4/c1-18(7-9-20)14-13(11-3-5-12(17)6-4-11)15(21)19(16(14)22)8-10-23-2/h3-6,20H,7-10H2,1-2H3. The molecule has 1 heterocycles. The van der Waals surface area contributed by atoms with E-state index in [0.29, 0.717) is 5.56 Å². The van der Waals surface area contributed by atoms with Gasteiger partial charge in [-0.3, -0.25) is 14.5 Å². The summed E-state index contributed by atoms with van der Waals surface area (Å²) < 4.78 is 18.1. The van der Waals surface area contributed by atoms with Gasteiger partial charge in [-0.25, -0.2) is 4.39 Å². The summed E-state index contributed by atoms with van der Waals surface area (Å²) in [6.45, 7) is 0.411. The smallest absolute Gasteiger partial charge is 0.277 e. The van der Waals surface area contributed by atoms with Crippen molar-refractivity contribution in [2.75, 3.05) is 40.5 Å². The van der Waals surface area contributed by atoms with Crippen LogP contribution in [-0.2, 0) is 14.3 Å². The van der Waals surface area contributed by atoms with Crippen LogP contribution in [0.1, 0.15) is 5.56 Å². The van der Waals surface area contributed by atoms with E-state index in [1.165, 1.54) is 36.3 Å². The first kappa shape index (κ1) is 17.1. The Balaban J connectivity index is 2.46. The van der Waals surface area contributed by atoms with E-state index in [2.05, 4.69) is 0 Å². The lowest BCUT2D eigenvalue weighted by atomic mass is 10.0. The van der Waals surface area contributed by atoms with Crippen molar-refractivity contribution in [3.8, 4) is 0 Å². The third-order valence-corrected chi connectivity index (χ3v) is 3.61. The Morgan fingerprint density at radius 2 is 1.87 bits per heavy atom. The highest BCUT2D eigenvalue weighted by molar-refractivity contribution is 6.35. The number of carbonyl (C=O) groups is 2. The van der Waals surface area contributed by atoms with Gasteiger partial charge in [-0.15, -0.1) is 0 Å². The minimum atomic E-state index is -0.446. The lowest BCUT2D eigenvalue weighted by Gasteiger charge is -2.20. The van der Waals surface area contributed by atoms with E-state index in [-0.39, 0.29) is 37.6 Å². The molecule has 2 rings (SSSR count). The Bertz CT molecular complexity index is 627. The Hall–Kier alpha value is -2.25. The fraction of sp³-hybridized carbons (Fsp3) is 0.375. The molecule has 0 radical (unpaired) electrons. The van der Waals surface area contributed by atoms with E-state index in [1.54, 1.807) is 7.05 Å². The van der Waals surface area contributed by atoms with Crippen LogP contribution in [0.4, 0.5) is 4.39 Å². The second kappa shape index (κ2) is 7.34. The van der Waals surface area contributed by atoms with Gasteiger partial charge in [0, 0.05) is 20.7 Å². The van der Waals surface area contributed by atoms with Gasteiger partial charge in [-0.05, 0) is 17.7 Å². The summed E-state index contributed by atoms with van der Waals surface area (Å²) in [5.41, 5.74) is 0.873. The van der Waals surface area contributed by atoms with Gasteiger partial charge < -0.3 is 14.7 Å². The van der Waals surface area contributed by atoms with Crippen LogP contribution in [0, 0.1) is 5.82 Å². The molecule has 0 aromatic heterocycles. The number of likely N-dealkylation sites (N-methyl/N-ethyl adjacent to an activating group) is 1. The van der Waals surface area contributed by atoms with E-state index in [4.69, 9.17) is 9.84 Å². The summed E-state index contributed by atoms with van der Waals surface area (Å²) in [6.07, 6.45) is 0. The highest BCUT2D eigenvalue weighted by Gasteiger charge is 2.40. The first-order valence-electron chi connectivity index (χ1n) is 7.18. The van der Waals surface area contributed by atoms with Crippen molar-refractivity contribution in [2.45, 2.75) is 0 Å². The molecule has 1 aliphatic heterocycles. The maximum atomic E-state index is 13.1. The molecular weight excluding hydrogens is 303 g/mol. The van der Waals surface area contributed by atoms with Gasteiger partial charge in [0.05, 0.1) is 25.3 Å². The van der Waals surface area contributed by atoms with Crippen molar-refractivity contribution in [1.29, 1.82) is 0 Å². The Morgan fingerprint density at radius 1 is 1.22 bits per heavy atom. The number of imide groups is 1. The molecular formula is C16H19FN2O4. The molecule has 1 aromatic rings. The summed E-state index contributed by atoms with van der Waals surface area (Å²) in [7, 11) is 3.11. The third kappa shape index (κ3) is 3.40. The van der Waals surface area contributed by atoms with Gasteiger partial charge in [0.15, 0.2) is 0 Å². The maximum Gasteiger partial charge on any atom is 0.277 e. The predicted molar refractivity (Wildman–Crippen MR) is 81.6 cm³/mol. The average molecular weight is 322 g/mol. The molecule has 0 atom stereocenters. The molecule has 23 heavy (non-hydrogen) atoms. The number of benzene rings is 1. The zero-order valence-corrected chi connectivity index (χ0v) is 13.1. The molecule has 0 saturated heterocycles. The summed E-state index contributed by atoms with van der Waals surface area (Å²) in [6, 6.07) is 5.40. The highest BCUT2D eigenvalue weighted by atomic mass is 19.1. The largest absolute Gasteiger partial charge is 0.395 e. The minimum Gasteiger partial charge on any atom is -0.395 e. The van der Waals surface area contributed by atoms with E-state index < -0.39 is 17.6 Å². The molecule has 0 spiro atoms. The molecule has 0 bridgehead atoms. The van der Waals surface area contributed by atoms with Crippen molar-refractivity contribution >= 4 is 17.4 Å². The molecule has 6 nitrogen and oxygen atoms in total. The van der Waals surface area contributed by atoms with Gasteiger partial charge in [0.25, 0.3) is 11.8 Å². The fourth-order valence-electron chi connectivity index (χ4n) is 2.44. The van der Waals surface area contributed by atoms with E-state index in [1.807, 2.05) is 0 Å². The van der Waals surface area contributed by atoms with Crippen LogP contribution in [0.3, 0.4) is 0 Å². The zero-order chi connectivity index (χ0) is 17.0. The van der Waals surface area contributed by atoms with Gasteiger partial charge >= 0.3 is 0 Å². The quantitative estimate of drug-likeness (QED) is 0.739. The number of aliphatic hydroxyl groups excluding tert-OH is 1. The second-order valence-corrected chi connectivity index (χ2v) is 5.13. The second-order valence-electron chi connectivity index (χ2n) is 5.13. The van der Waals surface area contributed by atoms with Crippen LogP contribution in [-0.4, -0.2) is 67.2 Å². The molecule has 0 saturated carbocycles. The van der Waals surface area contributed by atoms with Crippen LogP contribution in [0.5, 0.6) is 0 Å². The van der Waals surface area contributed by atoms with E-state index in [0.717, 1.165) is 4.90 Å². The molecule has 1 aromatic carbocycles. The monoisotopic (exact) mass is 322 g/mol. The summed E-state index contributed by atoms with van der Waals surface area (Å²) in [5.74, 6) is -1.31. The number of hydrogen-bond donors (Lipinski definition) is 1. The third-order valence-electron chi connectivity index (χ3n) is 3.61. The molecule has 124 valence electrons. The lowest BCUT2D eigenvalue weighted by molar-refractivity contribution is -0.138. The van der Waals surface area contributed by atoms with Gasteiger partial charge in [-0.1, -0.05) is 12.1 Å². The number of nitrogens with zero attached hydrogens (tertiary/aromatic N) is 2. The number of rotatable bonds is 7. The van der Waals surface area contributed by atoms with Gasteiger partial charge in [0.2, 0.25) is 0 Å². The number of ether oxygens (including phenoxy) is 1. The number of amides is 2. The molecule has 1 aliphatic rings. The molecule has 1 N–H and O–H groups in total. The Morgan fingerprint density at radius 3 is 2.43 bits per heavy atom. The maximum absolute atomic E-state index is 13.1. The van der Waals surface area contributed by atoms with Crippen LogP contribution >= 0.6 is 0 Å². The van der Waals surface area contributed by atoms with Crippen LogP contribution in [0.2, 0.25) is 0 Å². The highest BCUT2D eigenvalue weighted by Crippen LogP contribution is 2.30. The van der Waals surface area contributed by atoms with Crippen molar-refractivity contribution in [1.82, 2.24) is 9.80 Å². The van der Waals surface area contributed by atoms with Crippen molar-refractivity contribution in [2.24, 2.45) is 0 Å². The molecule has 7 heteroatoms. The first-order valence-corrected chi connectivity index (χ1v) is 7.18.